The molecule has 0 aliphatic carbocycles. The van der Waals surface area contributed by atoms with Crippen LogP contribution in [0.15, 0.2) is 6.20 Å². The van der Waals surface area contributed by atoms with Crippen LogP contribution in [0.4, 0.5) is 0 Å². The van der Waals surface area contributed by atoms with Crippen molar-refractivity contribution in [2.45, 2.75) is 6.92 Å². The van der Waals surface area contributed by atoms with E-state index in [9.17, 15) is 0 Å². The minimum Gasteiger partial charge on any atom is -0.495 e. The van der Waals surface area contributed by atoms with Gasteiger partial charge in [0.15, 0.2) is 5.56 Å². The number of aryl methyl sites for hydroxylation is 1. The molecule has 1 rings (SSSR count). The number of aromatic hydroxyl groups is 1. The first-order chi connectivity index (χ1) is 5.70. The van der Waals surface area contributed by atoms with Crippen LogP contribution in [-0.4, -0.2) is 17.2 Å². The maximum Gasteiger partial charge on any atom is 0.233 e. The molecule has 0 bridgehead atoms. The number of nitrogens with zero attached hydrogens (tertiary/aromatic N) is 2. The summed E-state index contributed by atoms with van der Waals surface area (Å²) in [5.41, 5.74) is 0.810. The second-order valence-electron chi connectivity index (χ2n) is 2.28. The predicted octanol–water partition coefficient (Wildman–Crippen LogP) is 0.976. The summed E-state index contributed by atoms with van der Waals surface area (Å²) in [7, 11) is 1.45. The SMILES string of the molecule is COc1c(C)cnc(O)c1C#N. The quantitative estimate of drug-likeness (QED) is 0.671. The van der Waals surface area contributed by atoms with E-state index in [2.05, 4.69) is 4.98 Å². The first-order valence-corrected chi connectivity index (χ1v) is 3.33. The molecule has 0 aliphatic heterocycles. The maximum atomic E-state index is 9.13. The van der Waals surface area contributed by atoms with E-state index in [1.807, 2.05) is 6.07 Å². The second-order valence-corrected chi connectivity index (χ2v) is 2.28. The normalized spacial score (nSPS) is 9.08. The monoisotopic (exact) mass is 164 g/mol. The average molecular weight is 164 g/mol. The fraction of sp³-hybridized carbons (Fsp3) is 0.250. The van der Waals surface area contributed by atoms with Crippen molar-refractivity contribution in [1.82, 2.24) is 4.98 Å². The van der Waals surface area contributed by atoms with E-state index in [4.69, 9.17) is 15.1 Å². The van der Waals surface area contributed by atoms with Crippen molar-refractivity contribution in [3.63, 3.8) is 0 Å². The van der Waals surface area contributed by atoms with Gasteiger partial charge in [-0.2, -0.15) is 5.26 Å². The highest BCUT2D eigenvalue weighted by Gasteiger charge is 2.11. The molecule has 0 atom stereocenters. The smallest absolute Gasteiger partial charge is 0.233 e. The minimum atomic E-state index is -0.292. The van der Waals surface area contributed by atoms with E-state index in [0.29, 0.717) is 5.75 Å². The van der Waals surface area contributed by atoms with Crippen LogP contribution < -0.4 is 4.74 Å². The van der Waals surface area contributed by atoms with Crippen LogP contribution in [0.1, 0.15) is 11.1 Å². The zero-order valence-corrected chi connectivity index (χ0v) is 6.83. The van der Waals surface area contributed by atoms with Gasteiger partial charge >= 0.3 is 0 Å². The first kappa shape index (κ1) is 8.34. The summed E-state index contributed by atoms with van der Waals surface area (Å²) in [5, 5.41) is 17.8. The number of methoxy groups -OCH3 is 1. The number of rotatable bonds is 1. The highest BCUT2D eigenvalue weighted by molar-refractivity contribution is 5.52. The maximum absolute atomic E-state index is 9.13. The molecule has 0 aromatic carbocycles. The molecule has 0 saturated carbocycles. The standard InChI is InChI=1S/C8H8N2O2/c1-5-4-10-8(11)6(3-9)7(5)12-2/h4H,1-2H3,(H,10,11). The van der Waals surface area contributed by atoms with E-state index in [1.54, 1.807) is 6.92 Å². The Kier molecular flexibility index (Phi) is 2.15. The summed E-state index contributed by atoms with van der Waals surface area (Å²) < 4.78 is 4.93. The Morgan fingerprint density at radius 1 is 1.67 bits per heavy atom. The lowest BCUT2D eigenvalue weighted by Crippen LogP contribution is -1.93. The van der Waals surface area contributed by atoms with Gasteiger partial charge in [-0.3, -0.25) is 0 Å². The number of nitriles is 1. The molecule has 0 unspecified atom stereocenters. The Morgan fingerprint density at radius 2 is 2.33 bits per heavy atom. The van der Waals surface area contributed by atoms with Crippen LogP contribution in [0.2, 0.25) is 0 Å². The molecular weight excluding hydrogens is 156 g/mol. The number of hydrogen-bond donors (Lipinski definition) is 1. The zero-order valence-electron chi connectivity index (χ0n) is 6.83. The van der Waals surface area contributed by atoms with Crippen molar-refractivity contribution in [2.24, 2.45) is 0 Å². The lowest BCUT2D eigenvalue weighted by atomic mass is 10.2. The second kappa shape index (κ2) is 3.09. The predicted molar refractivity (Wildman–Crippen MR) is 41.9 cm³/mol. The number of pyridine rings is 1. The molecule has 0 radical (unpaired) electrons. The van der Waals surface area contributed by atoms with Gasteiger partial charge in [0, 0.05) is 11.8 Å². The van der Waals surface area contributed by atoms with E-state index in [-0.39, 0.29) is 11.4 Å². The molecule has 1 aromatic heterocycles. The zero-order chi connectivity index (χ0) is 9.14. The van der Waals surface area contributed by atoms with Crippen LogP contribution in [0.5, 0.6) is 11.6 Å². The fourth-order valence-electron chi connectivity index (χ4n) is 0.944. The molecule has 1 aromatic rings. The van der Waals surface area contributed by atoms with Crippen LogP contribution >= 0.6 is 0 Å². The highest BCUT2D eigenvalue weighted by Crippen LogP contribution is 2.27. The van der Waals surface area contributed by atoms with Crippen molar-refractivity contribution < 1.29 is 9.84 Å². The van der Waals surface area contributed by atoms with Crippen molar-refractivity contribution >= 4 is 0 Å². The van der Waals surface area contributed by atoms with E-state index in [0.717, 1.165) is 5.56 Å². The highest BCUT2D eigenvalue weighted by atomic mass is 16.5. The summed E-state index contributed by atoms with van der Waals surface area (Å²) in [6, 6.07) is 1.82. The van der Waals surface area contributed by atoms with E-state index < -0.39 is 0 Å². The van der Waals surface area contributed by atoms with Gasteiger partial charge in [0.1, 0.15) is 11.8 Å². The first-order valence-electron chi connectivity index (χ1n) is 3.33. The van der Waals surface area contributed by atoms with Crippen LogP contribution in [0.3, 0.4) is 0 Å². The third-order valence-corrected chi connectivity index (χ3v) is 1.51. The Morgan fingerprint density at radius 3 is 2.75 bits per heavy atom. The fourth-order valence-corrected chi connectivity index (χ4v) is 0.944. The number of aromatic nitrogens is 1. The van der Waals surface area contributed by atoms with Crippen molar-refractivity contribution in [3.8, 4) is 17.7 Å². The van der Waals surface area contributed by atoms with Gasteiger partial charge < -0.3 is 9.84 Å². The summed E-state index contributed by atoms with van der Waals surface area (Å²) in [6.07, 6.45) is 1.45. The van der Waals surface area contributed by atoms with Gasteiger partial charge in [-0.1, -0.05) is 0 Å². The van der Waals surface area contributed by atoms with Crippen molar-refractivity contribution in [1.29, 1.82) is 5.26 Å². The lowest BCUT2D eigenvalue weighted by Gasteiger charge is -2.05. The minimum absolute atomic E-state index is 0.0810. The van der Waals surface area contributed by atoms with Gasteiger partial charge in [-0.05, 0) is 6.92 Å². The van der Waals surface area contributed by atoms with Crippen molar-refractivity contribution in [2.75, 3.05) is 7.11 Å². The topological polar surface area (TPSA) is 66.1 Å². The molecule has 12 heavy (non-hydrogen) atoms. The summed E-state index contributed by atoms with van der Waals surface area (Å²) in [5.74, 6) is 0.0879. The summed E-state index contributed by atoms with van der Waals surface area (Å²) in [4.78, 5) is 3.61. The molecule has 1 N–H and O–H groups in total. The molecular formula is C8H8N2O2. The van der Waals surface area contributed by atoms with Gasteiger partial charge in [-0.15, -0.1) is 0 Å². The number of hydrogen-bond acceptors (Lipinski definition) is 4. The van der Waals surface area contributed by atoms with Gasteiger partial charge in [0.25, 0.3) is 0 Å². The summed E-state index contributed by atoms with van der Waals surface area (Å²) >= 11 is 0. The Hall–Kier alpha value is -1.76. The van der Waals surface area contributed by atoms with Gasteiger partial charge in [0.05, 0.1) is 7.11 Å². The van der Waals surface area contributed by atoms with Crippen LogP contribution in [0.25, 0.3) is 0 Å². The molecule has 0 saturated heterocycles. The Labute approximate surface area is 70.0 Å². The molecule has 0 spiro atoms. The molecule has 4 heteroatoms. The molecule has 0 amide bonds. The molecule has 0 fully saturated rings. The average Bonchev–Trinajstić information content (AvgIpc) is 2.08. The lowest BCUT2D eigenvalue weighted by molar-refractivity contribution is 0.397. The van der Waals surface area contributed by atoms with Gasteiger partial charge in [0.2, 0.25) is 5.88 Å². The van der Waals surface area contributed by atoms with Gasteiger partial charge in [-0.25, -0.2) is 4.98 Å². The Bertz CT molecular complexity index is 342. The Balaban J connectivity index is 3.41. The third-order valence-electron chi connectivity index (χ3n) is 1.51. The summed E-state index contributed by atoms with van der Waals surface area (Å²) in [6.45, 7) is 1.76. The number of ether oxygens (including phenoxy) is 1. The molecule has 0 aliphatic rings. The van der Waals surface area contributed by atoms with E-state index in [1.165, 1.54) is 13.3 Å². The van der Waals surface area contributed by atoms with E-state index >= 15 is 0 Å². The molecule has 62 valence electrons. The molecule has 1 heterocycles. The molecule has 4 nitrogen and oxygen atoms in total. The van der Waals surface area contributed by atoms with Crippen molar-refractivity contribution in [3.05, 3.63) is 17.3 Å². The van der Waals surface area contributed by atoms with Crippen LogP contribution in [-0.2, 0) is 0 Å². The van der Waals surface area contributed by atoms with Crippen LogP contribution in [0, 0.1) is 18.3 Å². The third kappa shape index (κ3) is 1.17. The largest absolute Gasteiger partial charge is 0.495 e.